The summed E-state index contributed by atoms with van der Waals surface area (Å²) in [6.45, 7) is 5.62. The van der Waals surface area contributed by atoms with Crippen molar-refractivity contribution in [3.05, 3.63) is 30.1 Å². The fourth-order valence-corrected chi connectivity index (χ4v) is 0.745. The van der Waals surface area contributed by atoms with Crippen LogP contribution in [0.3, 0.4) is 0 Å². The van der Waals surface area contributed by atoms with Crippen LogP contribution in [0.1, 0.15) is 11.3 Å². The van der Waals surface area contributed by atoms with Crippen LogP contribution in [0.5, 0.6) is 0 Å². The van der Waals surface area contributed by atoms with Crippen LogP contribution in [0.4, 0.5) is 0 Å². The minimum absolute atomic E-state index is 0.905. The topological polar surface area (TPSA) is 28.7 Å². The van der Waals surface area contributed by atoms with E-state index in [0.29, 0.717) is 0 Å². The van der Waals surface area contributed by atoms with Crippen molar-refractivity contribution < 1.29 is 0 Å². The summed E-state index contributed by atoms with van der Waals surface area (Å²) in [5.41, 5.74) is 2.29. The lowest BCUT2D eigenvalue weighted by Gasteiger charge is -1.87. The average molecular weight is 122 g/mol. The van der Waals surface area contributed by atoms with Crippen LogP contribution in [0.25, 0.3) is 0 Å². The molecule has 0 saturated heterocycles. The van der Waals surface area contributed by atoms with Crippen LogP contribution in [-0.2, 0) is 6.42 Å². The third-order valence-electron chi connectivity index (χ3n) is 1.30. The van der Waals surface area contributed by atoms with Crippen molar-refractivity contribution in [2.45, 2.75) is 13.3 Å². The summed E-state index contributed by atoms with van der Waals surface area (Å²) in [5.74, 6) is 0. The van der Waals surface area contributed by atoms with Gasteiger partial charge in [-0.05, 0) is 18.9 Å². The van der Waals surface area contributed by atoms with Crippen LogP contribution in [0, 0.1) is 6.92 Å². The fourth-order valence-electron chi connectivity index (χ4n) is 0.745. The lowest BCUT2D eigenvalue weighted by atomic mass is 10.2. The van der Waals surface area contributed by atoms with E-state index in [-0.39, 0.29) is 0 Å². The second-order valence-corrected chi connectivity index (χ2v) is 1.99. The summed E-state index contributed by atoms with van der Waals surface area (Å²) in [6, 6.07) is 0. The van der Waals surface area contributed by atoms with E-state index in [2.05, 4.69) is 16.8 Å². The number of hydrogen-bond acceptors (Lipinski definition) is 1. The standard InChI is InChI=1S/C7H10N2/c1-3-4-7-5-8-9-6(7)2/h3,5H,1,4H2,2H3,(H,8,9). The molecule has 0 unspecified atom stereocenters. The maximum absolute atomic E-state index is 3.96. The van der Waals surface area contributed by atoms with Crippen LogP contribution in [0.2, 0.25) is 0 Å². The summed E-state index contributed by atoms with van der Waals surface area (Å²) in [4.78, 5) is 0. The first-order valence-corrected chi connectivity index (χ1v) is 2.94. The van der Waals surface area contributed by atoms with Crippen molar-refractivity contribution in [3.8, 4) is 0 Å². The van der Waals surface area contributed by atoms with E-state index in [1.54, 1.807) is 0 Å². The van der Waals surface area contributed by atoms with Gasteiger partial charge in [-0.1, -0.05) is 6.08 Å². The molecular formula is C7H10N2. The molecule has 0 aliphatic carbocycles. The first-order chi connectivity index (χ1) is 4.34. The third-order valence-corrected chi connectivity index (χ3v) is 1.30. The van der Waals surface area contributed by atoms with E-state index in [1.165, 1.54) is 5.56 Å². The molecule has 1 heterocycles. The number of aromatic nitrogens is 2. The Morgan fingerprint density at radius 2 is 2.67 bits per heavy atom. The SMILES string of the molecule is C=CCc1c[nH]nc1C. The highest BCUT2D eigenvalue weighted by Crippen LogP contribution is 2.02. The first-order valence-electron chi connectivity index (χ1n) is 2.94. The molecule has 48 valence electrons. The van der Waals surface area contributed by atoms with Gasteiger partial charge in [0.15, 0.2) is 0 Å². The number of hydrogen-bond donors (Lipinski definition) is 1. The second kappa shape index (κ2) is 2.49. The zero-order valence-electron chi connectivity index (χ0n) is 5.52. The molecule has 9 heavy (non-hydrogen) atoms. The monoisotopic (exact) mass is 122 g/mol. The maximum Gasteiger partial charge on any atom is 0.0626 e. The molecule has 0 fully saturated rings. The van der Waals surface area contributed by atoms with E-state index < -0.39 is 0 Å². The number of nitrogens with zero attached hydrogens (tertiary/aromatic N) is 1. The molecule has 1 aromatic rings. The molecule has 0 radical (unpaired) electrons. The Kier molecular flexibility index (Phi) is 1.68. The molecule has 1 aromatic heterocycles. The van der Waals surface area contributed by atoms with Gasteiger partial charge in [0.05, 0.1) is 5.69 Å². The predicted octanol–water partition coefficient (Wildman–Crippen LogP) is 1.45. The summed E-state index contributed by atoms with van der Waals surface area (Å²) < 4.78 is 0. The lowest BCUT2D eigenvalue weighted by molar-refractivity contribution is 1.04. The first kappa shape index (κ1) is 6.08. The summed E-state index contributed by atoms with van der Waals surface area (Å²) in [7, 11) is 0. The van der Waals surface area contributed by atoms with Gasteiger partial charge in [-0.2, -0.15) is 5.10 Å². The van der Waals surface area contributed by atoms with E-state index in [0.717, 1.165) is 12.1 Å². The Morgan fingerprint density at radius 1 is 1.89 bits per heavy atom. The van der Waals surface area contributed by atoms with Gasteiger partial charge >= 0.3 is 0 Å². The van der Waals surface area contributed by atoms with Gasteiger partial charge in [0.1, 0.15) is 0 Å². The van der Waals surface area contributed by atoms with Gasteiger partial charge in [0.2, 0.25) is 0 Å². The van der Waals surface area contributed by atoms with Crippen molar-refractivity contribution in [2.24, 2.45) is 0 Å². The zero-order valence-corrected chi connectivity index (χ0v) is 5.52. The minimum Gasteiger partial charge on any atom is -0.285 e. The van der Waals surface area contributed by atoms with E-state index in [4.69, 9.17) is 0 Å². The number of rotatable bonds is 2. The Labute approximate surface area is 54.6 Å². The minimum atomic E-state index is 0.905. The normalized spacial score (nSPS) is 9.44. The Balaban J connectivity index is 2.80. The maximum atomic E-state index is 3.96. The Bertz CT molecular complexity index is 200. The largest absolute Gasteiger partial charge is 0.285 e. The molecule has 0 atom stereocenters. The van der Waals surface area contributed by atoms with Crippen molar-refractivity contribution >= 4 is 0 Å². The molecule has 0 aliphatic heterocycles. The summed E-state index contributed by atoms with van der Waals surface area (Å²) in [5, 5.41) is 6.75. The number of aryl methyl sites for hydroxylation is 1. The van der Waals surface area contributed by atoms with Crippen LogP contribution in [-0.4, -0.2) is 10.2 Å². The van der Waals surface area contributed by atoms with Crippen molar-refractivity contribution in [1.82, 2.24) is 10.2 Å². The number of aromatic amines is 1. The van der Waals surface area contributed by atoms with Crippen LogP contribution in [0.15, 0.2) is 18.9 Å². The third kappa shape index (κ3) is 1.19. The fraction of sp³-hybridized carbons (Fsp3) is 0.286. The van der Waals surface area contributed by atoms with Crippen LogP contribution < -0.4 is 0 Å². The molecule has 0 bridgehead atoms. The number of H-pyrrole nitrogens is 1. The second-order valence-electron chi connectivity index (χ2n) is 1.99. The molecule has 0 aromatic carbocycles. The molecule has 2 heteroatoms. The Hall–Kier alpha value is -1.05. The van der Waals surface area contributed by atoms with Gasteiger partial charge in [0, 0.05) is 6.20 Å². The van der Waals surface area contributed by atoms with Gasteiger partial charge in [-0.15, -0.1) is 6.58 Å². The average Bonchev–Trinajstić information content (AvgIpc) is 2.18. The lowest BCUT2D eigenvalue weighted by Crippen LogP contribution is -1.79. The number of allylic oxidation sites excluding steroid dienone is 1. The van der Waals surface area contributed by atoms with Gasteiger partial charge in [-0.25, -0.2) is 0 Å². The van der Waals surface area contributed by atoms with Gasteiger partial charge in [0.25, 0.3) is 0 Å². The smallest absolute Gasteiger partial charge is 0.0626 e. The van der Waals surface area contributed by atoms with E-state index >= 15 is 0 Å². The molecule has 1 rings (SSSR count). The molecule has 1 N–H and O–H groups in total. The van der Waals surface area contributed by atoms with Crippen molar-refractivity contribution in [2.75, 3.05) is 0 Å². The molecular weight excluding hydrogens is 112 g/mol. The molecule has 2 nitrogen and oxygen atoms in total. The quantitative estimate of drug-likeness (QED) is 0.591. The highest BCUT2D eigenvalue weighted by Gasteiger charge is 1.94. The number of nitrogens with one attached hydrogen (secondary N) is 1. The van der Waals surface area contributed by atoms with E-state index in [9.17, 15) is 0 Å². The molecule has 0 amide bonds. The predicted molar refractivity (Wildman–Crippen MR) is 37.2 cm³/mol. The summed E-state index contributed by atoms with van der Waals surface area (Å²) >= 11 is 0. The highest BCUT2D eigenvalue weighted by atomic mass is 15.1. The summed E-state index contributed by atoms with van der Waals surface area (Å²) in [6.07, 6.45) is 4.68. The highest BCUT2D eigenvalue weighted by molar-refractivity contribution is 5.16. The van der Waals surface area contributed by atoms with Crippen molar-refractivity contribution in [1.29, 1.82) is 0 Å². The van der Waals surface area contributed by atoms with Gasteiger partial charge < -0.3 is 0 Å². The molecule has 0 spiro atoms. The van der Waals surface area contributed by atoms with Gasteiger partial charge in [-0.3, -0.25) is 5.10 Å². The molecule has 0 aliphatic rings. The van der Waals surface area contributed by atoms with Crippen molar-refractivity contribution in [3.63, 3.8) is 0 Å². The zero-order chi connectivity index (χ0) is 6.69. The van der Waals surface area contributed by atoms with Crippen LogP contribution >= 0.6 is 0 Å². The molecule has 0 saturated carbocycles. The Morgan fingerprint density at radius 3 is 3.11 bits per heavy atom. The van der Waals surface area contributed by atoms with E-state index in [1.807, 2.05) is 19.2 Å².